The number of hydrogen-bond acceptors (Lipinski definition) is 3. The third kappa shape index (κ3) is 2.48. The first kappa shape index (κ1) is 13.3. The molecule has 94 valence electrons. The molecule has 0 radical (unpaired) electrons. The van der Waals surface area contributed by atoms with Crippen molar-refractivity contribution in [1.82, 2.24) is 5.32 Å². The molecule has 6 heteroatoms. The van der Waals surface area contributed by atoms with Crippen LogP contribution in [0.3, 0.4) is 0 Å². The van der Waals surface area contributed by atoms with Crippen molar-refractivity contribution in [3.8, 4) is 0 Å². The summed E-state index contributed by atoms with van der Waals surface area (Å²) in [4.78, 5) is 11.6. The molecule has 16 heavy (non-hydrogen) atoms. The predicted octanol–water partition coefficient (Wildman–Crippen LogP) is 1.87. The molecule has 1 heterocycles. The second-order valence-electron chi connectivity index (χ2n) is 5.01. The molecule has 0 aromatic rings. The van der Waals surface area contributed by atoms with Crippen LogP contribution in [-0.4, -0.2) is 30.8 Å². The van der Waals surface area contributed by atoms with Gasteiger partial charge in [-0.1, -0.05) is 0 Å². The number of hydrogen-bond donors (Lipinski definition) is 1. The van der Waals surface area contributed by atoms with Crippen molar-refractivity contribution < 1.29 is 22.7 Å². The van der Waals surface area contributed by atoms with Gasteiger partial charge in [0.1, 0.15) is 5.60 Å². The Morgan fingerprint density at radius 1 is 1.31 bits per heavy atom. The lowest BCUT2D eigenvalue weighted by Crippen LogP contribution is -2.49. The van der Waals surface area contributed by atoms with Crippen LogP contribution in [0.4, 0.5) is 13.2 Å². The van der Waals surface area contributed by atoms with E-state index in [1.54, 1.807) is 20.8 Å². The summed E-state index contributed by atoms with van der Waals surface area (Å²) >= 11 is 0. The molecule has 0 aromatic heterocycles. The standard InChI is InChI=1S/C10H16F3NO2/c1-8(2,3)16-7(15)9(10(11,12)13)4-5-14-6-9/h14H,4-6H2,1-3H3. The van der Waals surface area contributed by atoms with Crippen molar-refractivity contribution in [1.29, 1.82) is 0 Å². The smallest absolute Gasteiger partial charge is 0.406 e. The highest BCUT2D eigenvalue weighted by molar-refractivity contribution is 5.79. The minimum absolute atomic E-state index is 0.179. The van der Waals surface area contributed by atoms with Crippen LogP contribution in [-0.2, 0) is 9.53 Å². The molecular formula is C10H16F3NO2. The highest BCUT2D eigenvalue weighted by Gasteiger charge is 2.63. The summed E-state index contributed by atoms with van der Waals surface area (Å²) in [6, 6.07) is 0. The number of carbonyl (C=O) groups excluding carboxylic acids is 1. The first-order valence-electron chi connectivity index (χ1n) is 5.09. The Hall–Kier alpha value is -0.780. The first-order chi connectivity index (χ1) is 7.08. The molecule has 0 spiro atoms. The summed E-state index contributed by atoms with van der Waals surface area (Å²) < 4.78 is 43.6. The van der Waals surface area contributed by atoms with Crippen LogP contribution in [0.15, 0.2) is 0 Å². The monoisotopic (exact) mass is 239 g/mol. The second-order valence-corrected chi connectivity index (χ2v) is 5.01. The molecule has 1 atom stereocenters. The number of alkyl halides is 3. The maximum Gasteiger partial charge on any atom is 0.406 e. The average molecular weight is 239 g/mol. The minimum Gasteiger partial charge on any atom is -0.459 e. The first-order valence-corrected chi connectivity index (χ1v) is 5.09. The Morgan fingerprint density at radius 3 is 2.19 bits per heavy atom. The molecule has 0 aromatic carbocycles. The van der Waals surface area contributed by atoms with E-state index in [-0.39, 0.29) is 13.0 Å². The van der Waals surface area contributed by atoms with Crippen LogP contribution in [0.1, 0.15) is 27.2 Å². The van der Waals surface area contributed by atoms with Crippen LogP contribution < -0.4 is 5.32 Å². The van der Waals surface area contributed by atoms with Crippen LogP contribution >= 0.6 is 0 Å². The SMILES string of the molecule is CC(C)(C)OC(=O)C1(C(F)(F)F)CCNC1. The van der Waals surface area contributed by atoms with Gasteiger partial charge in [-0.15, -0.1) is 0 Å². The largest absolute Gasteiger partial charge is 0.459 e. The third-order valence-corrected chi connectivity index (χ3v) is 2.49. The van der Waals surface area contributed by atoms with E-state index in [9.17, 15) is 18.0 Å². The van der Waals surface area contributed by atoms with Gasteiger partial charge in [0.15, 0.2) is 5.41 Å². The predicted molar refractivity (Wildman–Crippen MR) is 51.8 cm³/mol. The zero-order chi connectivity index (χ0) is 12.6. The Kier molecular flexibility index (Phi) is 3.24. The van der Waals surface area contributed by atoms with Gasteiger partial charge < -0.3 is 10.1 Å². The number of ether oxygens (including phenoxy) is 1. The Balaban J connectivity index is 2.91. The van der Waals surface area contributed by atoms with E-state index < -0.39 is 29.7 Å². The fourth-order valence-electron chi connectivity index (χ4n) is 1.60. The lowest BCUT2D eigenvalue weighted by atomic mass is 9.86. The fraction of sp³-hybridized carbons (Fsp3) is 0.900. The summed E-state index contributed by atoms with van der Waals surface area (Å²) in [5.41, 5.74) is -3.28. The lowest BCUT2D eigenvalue weighted by Gasteiger charge is -2.32. The summed E-state index contributed by atoms with van der Waals surface area (Å²) in [6.07, 6.45) is -4.83. The van der Waals surface area contributed by atoms with E-state index in [4.69, 9.17) is 4.74 Å². The molecule has 3 nitrogen and oxygen atoms in total. The second kappa shape index (κ2) is 3.91. The van der Waals surface area contributed by atoms with E-state index in [1.807, 2.05) is 0 Å². The van der Waals surface area contributed by atoms with Gasteiger partial charge in [0.05, 0.1) is 0 Å². The molecule has 1 saturated heterocycles. The van der Waals surface area contributed by atoms with Gasteiger partial charge in [0, 0.05) is 6.54 Å². The minimum atomic E-state index is -4.57. The van der Waals surface area contributed by atoms with E-state index in [0.29, 0.717) is 0 Å². The van der Waals surface area contributed by atoms with Crippen molar-refractivity contribution in [3.05, 3.63) is 0 Å². The molecule has 1 unspecified atom stereocenters. The summed E-state index contributed by atoms with van der Waals surface area (Å²) in [6.45, 7) is 4.44. The van der Waals surface area contributed by atoms with Gasteiger partial charge in [0.2, 0.25) is 0 Å². The van der Waals surface area contributed by atoms with Crippen molar-refractivity contribution in [2.24, 2.45) is 5.41 Å². The quantitative estimate of drug-likeness (QED) is 0.710. The van der Waals surface area contributed by atoms with Crippen LogP contribution in [0.5, 0.6) is 0 Å². The fourth-order valence-corrected chi connectivity index (χ4v) is 1.60. The molecule has 1 fully saturated rings. The Bertz CT molecular complexity index is 275. The summed E-state index contributed by atoms with van der Waals surface area (Å²) in [7, 11) is 0. The number of rotatable bonds is 1. The molecule has 0 bridgehead atoms. The Labute approximate surface area is 92.3 Å². The number of nitrogens with one attached hydrogen (secondary N) is 1. The highest BCUT2D eigenvalue weighted by atomic mass is 19.4. The van der Waals surface area contributed by atoms with Crippen molar-refractivity contribution in [3.63, 3.8) is 0 Å². The molecule has 0 amide bonds. The zero-order valence-corrected chi connectivity index (χ0v) is 9.57. The van der Waals surface area contributed by atoms with E-state index in [1.165, 1.54) is 0 Å². The van der Waals surface area contributed by atoms with Gasteiger partial charge in [-0.3, -0.25) is 4.79 Å². The van der Waals surface area contributed by atoms with E-state index >= 15 is 0 Å². The summed E-state index contributed by atoms with van der Waals surface area (Å²) in [5.74, 6) is -1.18. The van der Waals surface area contributed by atoms with Crippen LogP contribution in [0, 0.1) is 5.41 Å². The van der Waals surface area contributed by atoms with Gasteiger partial charge in [-0.05, 0) is 33.7 Å². The zero-order valence-electron chi connectivity index (χ0n) is 9.57. The van der Waals surface area contributed by atoms with Gasteiger partial charge in [-0.25, -0.2) is 0 Å². The average Bonchev–Trinajstić information content (AvgIpc) is 2.46. The number of esters is 1. The van der Waals surface area contributed by atoms with Crippen LogP contribution in [0.25, 0.3) is 0 Å². The topological polar surface area (TPSA) is 38.3 Å². The van der Waals surface area contributed by atoms with Crippen molar-refractivity contribution in [2.45, 2.75) is 39.0 Å². The maximum atomic E-state index is 12.9. The van der Waals surface area contributed by atoms with Gasteiger partial charge >= 0.3 is 12.1 Å². The normalized spacial score (nSPS) is 26.9. The molecule has 1 aliphatic rings. The Morgan fingerprint density at radius 2 is 1.88 bits per heavy atom. The third-order valence-electron chi connectivity index (χ3n) is 2.49. The van der Waals surface area contributed by atoms with Gasteiger partial charge in [-0.2, -0.15) is 13.2 Å². The van der Waals surface area contributed by atoms with Crippen molar-refractivity contribution >= 4 is 5.97 Å². The van der Waals surface area contributed by atoms with E-state index in [0.717, 1.165) is 0 Å². The molecule has 0 saturated carbocycles. The molecule has 1 N–H and O–H groups in total. The number of carbonyl (C=O) groups is 1. The van der Waals surface area contributed by atoms with E-state index in [2.05, 4.69) is 5.32 Å². The maximum absolute atomic E-state index is 12.9. The van der Waals surface area contributed by atoms with Gasteiger partial charge in [0.25, 0.3) is 0 Å². The highest BCUT2D eigenvalue weighted by Crippen LogP contribution is 2.44. The number of halogens is 3. The lowest BCUT2D eigenvalue weighted by molar-refractivity contribution is -0.234. The van der Waals surface area contributed by atoms with Crippen molar-refractivity contribution in [2.75, 3.05) is 13.1 Å². The molecule has 0 aliphatic carbocycles. The molecule has 1 aliphatic heterocycles. The summed E-state index contributed by atoms with van der Waals surface area (Å²) in [5, 5.41) is 2.57. The van der Waals surface area contributed by atoms with Crippen LogP contribution in [0.2, 0.25) is 0 Å². The molecule has 1 rings (SSSR count). The molecular weight excluding hydrogens is 223 g/mol.